The Kier molecular flexibility index (Phi) is 7.84. The SMILES string of the molecule is O=C(NCCN1CCN(C(=O)c2ccc(Cl)cc2Cl)CC1)C(=O)Nc1ccc(F)cc1. The summed E-state index contributed by atoms with van der Waals surface area (Å²) in [5.74, 6) is -2.16. The van der Waals surface area contributed by atoms with Crippen LogP contribution in [0.25, 0.3) is 0 Å². The number of piperazine rings is 1. The molecule has 0 spiro atoms. The van der Waals surface area contributed by atoms with Gasteiger partial charge in [0.05, 0.1) is 10.6 Å². The van der Waals surface area contributed by atoms with E-state index in [2.05, 4.69) is 15.5 Å². The second-order valence-electron chi connectivity index (χ2n) is 6.97. The lowest BCUT2D eigenvalue weighted by Gasteiger charge is -2.34. The lowest BCUT2D eigenvalue weighted by atomic mass is 10.2. The fourth-order valence-corrected chi connectivity index (χ4v) is 3.63. The predicted octanol–water partition coefficient (Wildman–Crippen LogP) is 2.65. The summed E-state index contributed by atoms with van der Waals surface area (Å²) in [6.45, 7) is 3.14. The van der Waals surface area contributed by atoms with Crippen LogP contribution < -0.4 is 10.6 Å². The maximum atomic E-state index is 12.9. The maximum absolute atomic E-state index is 12.9. The topological polar surface area (TPSA) is 81.8 Å². The molecule has 0 aromatic heterocycles. The molecule has 0 bridgehead atoms. The number of rotatable bonds is 5. The molecule has 1 fully saturated rings. The Balaban J connectivity index is 1.39. The molecule has 1 saturated heterocycles. The third kappa shape index (κ3) is 6.40. The number of benzene rings is 2. The molecule has 7 nitrogen and oxygen atoms in total. The molecule has 0 unspecified atom stereocenters. The van der Waals surface area contributed by atoms with Crippen molar-refractivity contribution < 1.29 is 18.8 Å². The van der Waals surface area contributed by atoms with E-state index in [9.17, 15) is 18.8 Å². The summed E-state index contributed by atoms with van der Waals surface area (Å²) in [7, 11) is 0. The first-order chi connectivity index (χ1) is 14.8. The van der Waals surface area contributed by atoms with Crippen molar-refractivity contribution in [2.75, 3.05) is 44.6 Å². The minimum atomic E-state index is -0.818. The number of carbonyl (C=O) groups excluding carboxylic acids is 3. The van der Waals surface area contributed by atoms with E-state index in [4.69, 9.17) is 23.2 Å². The third-order valence-electron chi connectivity index (χ3n) is 4.84. The summed E-state index contributed by atoms with van der Waals surface area (Å²) in [5.41, 5.74) is 0.752. The van der Waals surface area contributed by atoms with Crippen LogP contribution in [-0.2, 0) is 9.59 Å². The molecule has 2 aromatic rings. The van der Waals surface area contributed by atoms with Crippen LogP contribution in [-0.4, -0.2) is 66.8 Å². The number of nitrogens with zero attached hydrogens (tertiary/aromatic N) is 2. The van der Waals surface area contributed by atoms with Crippen molar-refractivity contribution in [2.24, 2.45) is 0 Å². The molecule has 1 aliphatic rings. The molecule has 1 heterocycles. The molecular formula is C21H21Cl2FN4O3. The van der Waals surface area contributed by atoms with Crippen LogP contribution in [0.5, 0.6) is 0 Å². The monoisotopic (exact) mass is 466 g/mol. The second kappa shape index (κ2) is 10.6. The van der Waals surface area contributed by atoms with Gasteiger partial charge in [-0.1, -0.05) is 23.2 Å². The first-order valence-corrected chi connectivity index (χ1v) is 10.4. The molecular weight excluding hydrogens is 446 g/mol. The molecule has 0 saturated carbocycles. The van der Waals surface area contributed by atoms with Gasteiger partial charge in [0.15, 0.2) is 0 Å². The number of hydrogen-bond donors (Lipinski definition) is 2. The largest absolute Gasteiger partial charge is 0.347 e. The molecule has 164 valence electrons. The van der Waals surface area contributed by atoms with E-state index in [0.29, 0.717) is 54.0 Å². The van der Waals surface area contributed by atoms with Gasteiger partial charge in [-0.15, -0.1) is 0 Å². The lowest BCUT2D eigenvalue weighted by molar-refractivity contribution is -0.136. The first-order valence-electron chi connectivity index (χ1n) is 9.65. The Hall–Kier alpha value is -2.68. The van der Waals surface area contributed by atoms with E-state index < -0.39 is 17.6 Å². The third-order valence-corrected chi connectivity index (χ3v) is 5.39. The highest BCUT2D eigenvalue weighted by Crippen LogP contribution is 2.22. The first kappa shape index (κ1) is 23.0. The molecule has 0 aliphatic carbocycles. The Bertz CT molecular complexity index is 964. The molecule has 31 heavy (non-hydrogen) atoms. The zero-order valence-corrected chi connectivity index (χ0v) is 18.0. The Morgan fingerprint density at radius 2 is 1.61 bits per heavy atom. The summed E-state index contributed by atoms with van der Waals surface area (Å²) in [6, 6.07) is 9.92. The van der Waals surface area contributed by atoms with E-state index in [1.165, 1.54) is 24.3 Å². The van der Waals surface area contributed by atoms with E-state index in [1.807, 2.05) is 0 Å². The number of halogens is 3. The fourth-order valence-electron chi connectivity index (χ4n) is 3.14. The maximum Gasteiger partial charge on any atom is 0.313 e. The zero-order valence-electron chi connectivity index (χ0n) is 16.5. The summed E-state index contributed by atoms with van der Waals surface area (Å²) in [6.07, 6.45) is 0. The molecule has 10 heteroatoms. The van der Waals surface area contributed by atoms with Gasteiger partial charge < -0.3 is 15.5 Å². The van der Waals surface area contributed by atoms with E-state index in [0.717, 1.165) is 0 Å². The Labute approximate surface area is 189 Å². The van der Waals surface area contributed by atoms with Gasteiger partial charge in [-0.05, 0) is 42.5 Å². The van der Waals surface area contributed by atoms with Gasteiger partial charge in [-0.2, -0.15) is 0 Å². The Morgan fingerprint density at radius 1 is 0.935 bits per heavy atom. The minimum absolute atomic E-state index is 0.146. The van der Waals surface area contributed by atoms with Crippen LogP contribution in [0.1, 0.15) is 10.4 Å². The standard InChI is InChI=1S/C21H21Cl2FN4O3/c22-14-1-6-17(18(23)13-14)21(31)28-11-9-27(10-12-28)8-7-25-19(29)20(30)26-16-4-2-15(24)3-5-16/h1-6,13H,7-12H2,(H,25,29)(H,26,30). The van der Waals surface area contributed by atoms with Crippen LogP contribution in [0.3, 0.4) is 0 Å². The van der Waals surface area contributed by atoms with Gasteiger partial charge in [0, 0.05) is 50.0 Å². The van der Waals surface area contributed by atoms with E-state index in [1.54, 1.807) is 23.1 Å². The Morgan fingerprint density at radius 3 is 2.26 bits per heavy atom. The minimum Gasteiger partial charge on any atom is -0.347 e. The number of carbonyl (C=O) groups is 3. The van der Waals surface area contributed by atoms with E-state index in [-0.39, 0.29) is 12.5 Å². The summed E-state index contributed by atoms with van der Waals surface area (Å²) >= 11 is 12.0. The van der Waals surface area contributed by atoms with Gasteiger partial charge in [0.2, 0.25) is 0 Å². The second-order valence-corrected chi connectivity index (χ2v) is 7.82. The summed E-state index contributed by atoms with van der Waals surface area (Å²) < 4.78 is 12.9. The van der Waals surface area contributed by atoms with Gasteiger partial charge in [0.25, 0.3) is 5.91 Å². The highest BCUT2D eigenvalue weighted by atomic mass is 35.5. The van der Waals surface area contributed by atoms with Gasteiger partial charge in [0.1, 0.15) is 5.82 Å². The summed E-state index contributed by atoms with van der Waals surface area (Å²) in [4.78, 5) is 40.3. The van der Waals surface area contributed by atoms with Gasteiger partial charge in [-0.25, -0.2) is 4.39 Å². The smallest absolute Gasteiger partial charge is 0.313 e. The molecule has 3 rings (SSSR count). The summed E-state index contributed by atoms with van der Waals surface area (Å²) in [5, 5.41) is 5.75. The quantitative estimate of drug-likeness (QED) is 0.663. The van der Waals surface area contributed by atoms with Crippen molar-refractivity contribution in [2.45, 2.75) is 0 Å². The van der Waals surface area contributed by atoms with Crippen molar-refractivity contribution in [3.05, 3.63) is 63.9 Å². The highest BCUT2D eigenvalue weighted by Gasteiger charge is 2.24. The number of hydrogen-bond acceptors (Lipinski definition) is 4. The van der Waals surface area contributed by atoms with Crippen molar-refractivity contribution in [3.63, 3.8) is 0 Å². The number of nitrogens with one attached hydrogen (secondary N) is 2. The van der Waals surface area contributed by atoms with Crippen molar-refractivity contribution >= 4 is 46.6 Å². The van der Waals surface area contributed by atoms with Crippen molar-refractivity contribution in [1.29, 1.82) is 0 Å². The van der Waals surface area contributed by atoms with Crippen LogP contribution in [0, 0.1) is 5.82 Å². The predicted molar refractivity (Wildman–Crippen MR) is 117 cm³/mol. The van der Waals surface area contributed by atoms with E-state index >= 15 is 0 Å². The normalized spacial score (nSPS) is 14.2. The van der Waals surface area contributed by atoms with Gasteiger partial charge >= 0.3 is 11.8 Å². The molecule has 0 radical (unpaired) electrons. The zero-order chi connectivity index (χ0) is 22.4. The van der Waals surface area contributed by atoms with Gasteiger partial charge in [-0.3, -0.25) is 19.3 Å². The fraction of sp³-hybridized carbons (Fsp3) is 0.286. The molecule has 2 N–H and O–H groups in total. The van der Waals surface area contributed by atoms with Crippen molar-refractivity contribution in [1.82, 2.24) is 15.1 Å². The highest BCUT2D eigenvalue weighted by molar-refractivity contribution is 6.39. The average Bonchev–Trinajstić information content (AvgIpc) is 2.75. The van der Waals surface area contributed by atoms with Crippen LogP contribution >= 0.6 is 23.2 Å². The van der Waals surface area contributed by atoms with Crippen molar-refractivity contribution in [3.8, 4) is 0 Å². The molecule has 2 aromatic carbocycles. The van der Waals surface area contributed by atoms with Crippen LogP contribution in [0.2, 0.25) is 10.0 Å². The molecule has 0 atom stereocenters. The number of amides is 3. The molecule has 1 aliphatic heterocycles. The lowest BCUT2D eigenvalue weighted by Crippen LogP contribution is -2.50. The van der Waals surface area contributed by atoms with Crippen LogP contribution in [0.4, 0.5) is 10.1 Å². The van der Waals surface area contributed by atoms with Crippen LogP contribution in [0.15, 0.2) is 42.5 Å². The molecule has 3 amide bonds. The average molecular weight is 467 g/mol. The number of anilines is 1.